The minimum absolute atomic E-state index is 0.458. The minimum atomic E-state index is 0.458. The van der Waals surface area contributed by atoms with Gasteiger partial charge in [-0.05, 0) is 23.6 Å². The largest absolute Gasteiger partial charge is 0.497 e. The molecule has 0 radical (unpaired) electrons. The number of ether oxygens (including phenoxy) is 2. The summed E-state index contributed by atoms with van der Waals surface area (Å²) in [6.07, 6.45) is 0. The third kappa shape index (κ3) is 6.65. The van der Waals surface area contributed by atoms with Crippen LogP contribution in [0.1, 0.15) is 36.0 Å². The average molecular weight is 377 g/mol. The molecule has 2 N–H and O–H groups in total. The number of hydrogen-bond acceptors (Lipinski definition) is 5. The van der Waals surface area contributed by atoms with Crippen LogP contribution in [0.15, 0.2) is 34.6 Å². The number of rotatable bonds is 9. The number of thiazole rings is 1. The maximum absolute atomic E-state index is 5.70. The first kappa shape index (κ1) is 20.2. The molecule has 0 saturated carbocycles. The van der Waals surface area contributed by atoms with Crippen molar-refractivity contribution >= 4 is 17.3 Å². The Bertz CT molecular complexity index is 700. The van der Waals surface area contributed by atoms with Crippen molar-refractivity contribution in [1.29, 1.82) is 0 Å². The summed E-state index contributed by atoms with van der Waals surface area (Å²) in [6, 6.07) is 7.89. The molecular weight excluding hydrogens is 348 g/mol. The maximum Gasteiger partial charge on any atom is 0.191 e. The highest BCUT2D eigenvalue weighted by Crippen LogP contribution is 2.17. The highest BCUT2D eigenvalue weighted by Gasteiger charge is 2.06. The van der Waals surface area contributed by atoms with Gasteiger partial charge < -0.3 is 20.1 Å². The van der Waals surface area contributed by atoms with Crippen molar-refractivity contribution in [1.82, 2.24) is 15.6 Å². The first-order valence-electron chi connectivity index (χ1n) is 8.72. The number of aromatic nitrogens is 1. The molecule has 0 aliphatic heterocycles. The molecule has 0 amide bonds. The van der Waals surface area contributed by atoms with E-state index in [0.29, 0.717) is 32.2 Å². The van der Waals surface area contributed by atoms with E-state index in [1.807, 2.05) is 24.3 Å². The van der Waals surface area contributed by atoms with E-state index in [9.17, 15) is 0 Å². The van der Waals surface area contributed by atoms with E-state index in [2.05, 4.69) is 39.8 Å². The Balaban J connectivity index is 1.65. The zero-order valence-electron chi connectivity index (χ0n) is 15.9. The van der Waals surface area contributed by atoms with E-state index in [1.165, 1.54) is 0 Å². The molecule has 0 fully saturated rings. The third-order valence-corrected chi connectivity index (χ3v) is 4.60. The van der Waals surface area contributed by atoms with E-state index in [1.54, 1.807) is 25.5 Å². The van der Waals surface area contributed by atoms with Crippen LogP contribution in [0.4, 0.5) is 0 Å². The first-order valence-corrected chi connectivity index (χ1v) is 9.59. The van der Waals surface area contributed by atoms with Crippen molar-refractivity contribution in [2.24, 2.45) is 4.99 Å². The number of methoxy groups -OCH3 is 1. The molecule has 0 atom stereocenters. The van der Waals surface area contributed by atoms with Gasteiger partial charge in [0.2, 0.25) is 0 Å². The van der Waals surface area contributed by atoms with Gasteiger partial charge in [-0.2, -0.15) is 0 Å². The number of nitrogens with one attached hydrogen (secondary N) is 2. The molecule has 1 aromatic heterocycles. The van der Waals surface area contributed by atoms with Crippen molar-refractivity contribution < 1.29 is 9.47 Å². The second-order valence-electron chi connectivity index (χ2n) is 6.08. The van der Waals surface area contributed by atoms with E-state index < -0.39 is 0 Å². The molecule has 0 spiro atoms. The van der Waals surface area contributed by atoms with Gasteiger partial charge in [0.15, 0.2) is 5.96 Å². The first-order chi connectivity index (χ1) is 12.6. The van der Waals surface area contributed by atoms with Gasteiger partial charge in [0.05, 0.1) is 32.6 Å². The Morgan fingerprint density at radius 2 is 2.15 bits per heavy atom. The summed E-state index contributed by atoms with van der Waals surface area (Å²) in [4.78, 5) is 8.83. The molecule has 0 aliphatic carbocycles. The predicted octanol–water partition coefficient (Wildman–Crippen LogP) is 3.16. The summed E-state index contributed by atoms with van der Waals surface area (Å²) in [5.74, 6) is 2.05. The number of hydrogen-bond donors (Lipinski definition) is 2. The van der Waals surface area contributed by atoms with Gasteiger partial charge in [-0.25, -0.2) is 4.98 Å². The second kappa shape index (κ2) is 10.8. The minimum Gasteiger partial charge on any atom is -0.497 e. The molecule has 6 nitrogen and oxygen atoms in total. The molecule has 0 bridgehead atoms. The van der Waals surface area contributed by atoms with Crippen molar-refractivity contribution in [2.75, 3.05) is 27.3 Å². The van der Waals surface area contributed by atoms with E-state index in [0.717, 1.165) is 28.0 Å². The molecular formula is C19H28N4O2S. The molecule has 2 aromatic rings. The summed E-state index contributed by atoms with van der Waals surface area (Å²) >= 11 is 1.67. The average Bonchev–Trinajstić information content (AvgIpc) is 3.13. The smallest absolute Gasteiger partial charge is 0.191 e. The summed E-state index contributed by atoms with van der Waals surface area (Å²) in [6.45, 7) is 6.80. The van der Waals surface area contributed by atoms with Crippen LogP contribution in [0.3, 0.4) is 0 Å². The monoisotopic (exact) mass is 376 g/mol. The molecule has 142 valence electrons. The fourth-order valence-electron chi connectivity index (χ4n) is 2.25. The summed E-state index contributed by atoms with van der Waals surface area (Å²) < 4.78 is 10.9. The lowest BCUT2D eigenvalue weighted by atomic mass is 10.2. The lowest BCUT2D eigenvalue weighted by molar-refractivity contribution is 0.125. The molecule has 0 saturated heterocycles. The van der Waals surface area contributed by atoms with E-state index in [-0.39, 0.29) is 0 Å². The van der Waals surface area contributed by atoms with Crippen molar-refractivity contribution in [3.63, 3.8) is 0 Å². The quantitative estimate of drug-likeness (QED) is 0.400. The van der Waals surface area contributed by atoms with Crippen LogP contribution < -0.4 is 15.4 Å². The molecule has 7 heteroatoms. The van der Waals surface area contributed by atoms with Gasteiger partial charge >= 0.3 is 0 Å². The lowest BCUT2D eigenvalue weighted by Crippen LogP contribution is -2.38. The van der Waals surface area contributed by atoms with Crippen LogP contribution in [0, 0.1) is 0 Å². The Hall–Kier alpha value is -2.12. The van der Waals surface area contributed by atoms with Crippen molar-refractivity contribution in [2.45, 2.75) is 32.9 Å². The Morgan fingerprint density at radius 3 is 2.85 bits per heavy atom. The number of guanidine groups is 1. The van der Waals surface area contributed by atoms with Gasteiger partial charge in [-0.1, -0.05) is 26.0 Å². The maximum atomic E-state index is 5.70. The third-order valence-electron chi connectivity index (χ3n) is 3.73. The molecule has 0 aliphatic rings. The van der Waals surface area contributed by atoms with Gasteiger partial charge in [-0.15, -0.1) is 11.3 Å². The fraction of sp³-hybridized carbons (Fsp3) is 0.474. The van der Waals surface area contributed by atoms with E-state index >= 15 is 0 Å². The van der Waals surface area contributed by atoms with E-state index in [4.69, 9.17) is 9.47 Å². The predicted molar refractivity (Wildman–Crippen MR) is 107 cm³/mol. The van der Waals surface area contributed by atoms with Crippen LogP contribution in [-0.2, 0) is 17.9 Å². The Kier molecular flexibility index (Phi) is 8.37. The highest BCUT2D eigenvalue weighted by molar-refractivity contribution is 7.09. The van der Waals surface area contributed by atoms with Crippen LogP contribution in [0.5, 0.6) is 5.75 Å². The van der Waals surface area contributed by atoms with Crippen molar-refractivity contribution in [3.8, 4) is 5.75 Å². The Labute approximate surface area is 159 Å². The van der Waals surface area contributed by atoms with Gasteiger partial charge in [-0.3, -0.25) is 4.99 Å². The van der Waals surface area contributed by atoms with Crippen LogP contribution in [0.2, 0.25) is 0 Å². The van der Waals surface area contributed by atoms with Crippen LogP contribution >= 0.6 is 11.3 Å². The van der Waals surface area contributed by atoms with Gasteiger partial charge in [0, 0.05) is 19.0 Å². The zero-order chi connectivity index (χ0) is 18.8. The van der Waals surface area contributed by atoms with Crippen molar-refractivity contribution in [3.05, 3.63) is 45.9 Å². The summed E-state index contributed by atoms with van der Waals surface area (Å²) in [5, 5.41) is 9.70. The second-order valence-corrected chi connectivity index (χ2v) is 7.02. The number of nitrogens with zero attached hydrogens (tertiary/aromatic N) is 2. The summed E-state index contributed by atoms with van der Waals surface area (Å²) in [7, 11) is 3.42. The molecule has 2 rings (SSSR count). The summed E-state index contributed by atoms with van der Waals surface area (Å²) in [5.41, 5.74) is 2.23. The standard InChI is InChI=1S/C19H28N4O2S/c1-14(2)17-13-26-18(23-17)11-22-19(20-3)21-8-9-25-12-15-6-5-7-16(10-15)24-4/h5-7,10,13-14H,8-9,11-12H2,1-4H3,(H2,20,21,22). The fourth-order valence-corrected chi connectivity index (χ4v) is 3.14. The van der Waals surface area contributed by atoms with Gasteiger partial charge in [0.25, 0.3) is 0 Å². The highest BCUT2D eigenvalue weighted by atomic mass is 32.1. The topological polar surface area (TPSA) is 67.8 Å². The SMILES string of the molecule is CN=C(NCCOCc1cccc(OC)c1)NCc1nc(C(C)C)cs1. The molecule has 0 unspecified atom stereocenters. The lowest BCUT2D eigenvalue weighted by Gasteiger charge is -2.11. The number of aliphatic imine (C=N–C) groups is 1. The normalized spacial score (nSPS) is 11.7. The molecule has 26 heavy (non-hydrogen) atoms. The number of benzene rings is 1. The zero-order valence-corrected chi connectivity index (χ0v) is 16.7. The molecule has 1 aromatic carbocycles. The van der Waals surface area contributed by atoms with Gasteiger partial charge in [0.1, 0.15) is 10.8 Å². The van der Waals surface area contributed by atoms with Crippen LogP contribution in [0.25, 0.3) is 0 Å². The molecule has 1 heterocycles. The van der Waals surface area contributed by atoms with Crippen LogP contribution in [-0.4, -0.2) is 38.3 Å². The Morgan fingerprint density at radius 1 is 1.31 bits per heavy atom.